The number of halogens is 3. The van der Waals surface area contributed by atoms with E-state index >= 15 is 0 Å². The lowest BCUT2D eigenvalue weighted by atomic mass is 10.0. The molecule has 0 unspecified atom stereocenters. The number of nitrogens with two attached hydrogens (primary N) is 1. The Kier molecular flexibility index (Phi) is 3.67. The van der Waals surface area contributed by atoms with Crippen molar-refractivity contribution in [3.63, 3.8) is 0 Å². The van der Waals surface area contributed by atoms with Gasteiger partial charge < -0.3 is 5.73 Å². The van der Waals surface area contributed by atoms with Crippen LogP contribution >= 0.6 is 23.2 Å². The highest BCUT2D eigenvalue weighted by atomic mass is 35.5. The molecule has 0 spiro atoms. The molecule has 0 aliphatic carbocycles. The maximum atomic E-state index is 13.9. The highest BCUT2D eigenvalue weighted by Crippen LogP contribution is 2.36. The van der Waals surface area contributed by atoms with Gasteiger partial charge >= 0.3 is 0 Å². The van der Waals surface area contributed by atoms with Crippen LogP contribution in [0.15, 0.2) is 36.4 Å². The number of rotatable bonds is 2. The third kappa shape index (κ3) is 2.44. The van der Waals surface area contributed by atoms with Crippen molar-refractivity contribution in [2.75, 3.05) is 0 Å². The number of hydrogen-bond acceptors (Lipinski definition) is 1. The molecule has 2 N–H and O–H groups in total. The Morgan fingerprint density at radius 2 is 1.71 bits per heavy atom. The topological polar surface area (TPSA) is 26.0 Å². The van der Waals surface area contributed by atoms with E-state index in [2.05, 4.69) is 0 Å². The molecule has 0 bridgehead atoms. The molecule has 4 heteroatoms. The van der Waals surface area contributed by atoms with Crippen LogP contribution in [0.2, 0.25) is 10.0 Å². The van der Waals surface area contributed by atoms with Crippen molar-refractivity contribution < 1.29 is 4.39 Å². The average molecular weight is 270 g/mol. The first kappa shape index (κ1) is 12.4. The summed E-state index contributed by atoms with van der Waals surface area (Å²) in [6.45, 7) is 0.299. The van der Waals surface area contributed by atoms with Crippen LogP contribution in [0, 0.1) is 5.82 Å². The molecule has 0 heterocycles. The molecule has 0 aromatic heterocycles. The van der Waals surface area contributed by atoms with Crippen molar-refractivity contribution in [3.05, 3.63) is 57.8 Å². The lowest BCUT2D eigenvalue weighted by Crippen LogP contribution is -1.97. The van der Waals surface area contributed by atoms with E-state index in [9.17, 15) is 4.39 Å². The Morgan fingerprint density at radius 1 is 1.06 bits per heavy atom. The molecule has 0 radical (unpaired) electrons. The molecule has 88 valence electrons. The van der Waals surface area contributed by atoms with Gasteiger partial charge in [-0.25, -0.2) is 4.39 Å². The van der Waals surface area contributed by atoms with Crippen LogP contribution in [-0.4, -0.2) is 0 Å². The fraction of sp³-hybridized carbons (Fsp3) is 0.0769. The molecule has 2 aromatic rings. The van der Waals surface area contributed by atoms with Crippen molar-refractivity contribution >= 4 is 23.2 Å². The van der Waals surface area contributed by atoms with Crippen LogP contribution in [-0.2, 0) is 6.54 Å². The summed E-state index contributed by atoms with van der Waals surface area (Å²) >= 11 is 12.1. The molecular formula is C13H10Cl2FN. The van der Waals surface area contributed by atoms with Crippen molar-refractivity contribution in [3.8, 4) is 11.1 Å². The quantitative estimate of drug-likeness (QED) is 0.866. The van der Waals surface area contributed by atoms with Crippen LogP contribution in [0.5, 0.6) is 0 Å². The highest BCUT2D eigenvalue weighted by Gasteiger charge is 2.12. The molecular weight excluding hydrogens is 260 g/mol. The van der Waals surface area contributed by atoms with Gasteiger partial charge in [-0.1, -0.05) is 41.4 Å². The van der Waals surface area contributed by atoms with E-state index in [0.29, 0.717) is 27.7 Å². The summed E-state index contributed by atoms with van der Waals surface area (Å²) in [6, 6.07) is 9.89. The summed E-state index contributed by atoms with van der Waals surface area (Å²) in [5.41, 5.74) is 7.08. The lowest BCUT2D eigenvalue weighted by Gasteiger charge is -2.09. The van der Waals surface area contributed by atoms with Gasteiger partial charge in [0.15, 0.2) is 0 Å². The second kappa shape index (κ2) is 5.05. The monoisotopic (exact) mass is 269 g/mol. The van der Waals surface area contributed by atoms with Crippen LogP contribution in [0.4, 0.5) is 4.39 Å². The molecule has 0 amide bonds. The van der Waals surface area contributed by atoms with Gasteiger partial charge in [-0.15, -0.1) is 0 Å². The van der Waals surface area contributed by atoms with Gasteiger partial charge in [0, 0.05) is 27.7 Å². The average Bonchev–Trinajstić information content (AvgIpc) is 2.30. The molecule has 0 saturated heterocycles. The first-order valence-corrected chi connectivity index (χ1v) is 5.82. The number of benzene rings is 2. The van der Waals surface area contributed by atoms with Crippen LogP contribution in [0.3, 0.4) is 0 Å². The normalized spacial score (nSPS) is 10.6. The molecule has 0 aliphatic heterocycles. The summed E-state index contributed by atoms with van der Waals surface area (Å²) < 4.78 is 13.9. The minimum absolute atomic E-state index is 0.299. The van der Waals surface area contributed by atoms with Crippen LogP contribution < -0.4 is 5.73 Å². The Balaban J connectivity index is 2.61. The molecule has 2 rings (SSSR count). The van der Waals surface area contributed by atoms with E-state index in [1.165, 1.54) is 6.07 Å². The van der Waals surface area contributed by atoms with Gasteiger partial charge in [-0.2, -0.15) is 0 Å². The van der Waals surface area contributed by atoms with Crippen molar-refractivity contribution in [2.24, 2.45) is 5.73 Å². The van der Waals surface area contributed by atoms with Gasteiger partial charge in [-0.3, -0.25) is 0 Å². The van der Waals surface area contributed by atoms with E-state index in [1.54, 1.807) is 30.3 Å². The number of hydrogen-bond donors (Lipinski definition) is 1. The van der Waals surface area contributed by atoms with Gasteiger partial charge in [0.2, 0.25) is 0 Å². The molecule has 17 heavy (non-hydrogen) atoms. The van der Waals surface area contributed by atoms with Gasteiger partial charge in [0.05, 0.1) is 0 Å². The third-order valence-electron chi connectivity index (χ3n) is 2.50. The van der Waals surface area contributed by atoms with Crippen LogP contribution in [0.25, 0.3) is 11.1 Å². The van der Waals surface area contributed by atoms with Crippen LogP contribution in [0.1, 0.15) is 5.56 Å². The summed E-state index contributed by atoms with van der Waals surface area (Å²) in [5.74, 6) is -0.372. The zero-order valence-electron chi connectivity index (χ0n) is 8.88. The van der Waals surface area contributed by atoms with Crippen molar-refractivity contribution in [1.29, 1.82) is 0 Å². The minimum atomic E-state index is -0.372. The van der Waals surface area contributed by atoms with Gasteiger partial charge in [-0.05, 0) is 23.8 Å². The molecule has 0 aliphatic rings. The largest absolute Gasteiger partial charge is 0.326 e. The van der Waals surface area contributed by atoms with Gasteiger partial charge in [0.1, 0.15) is 5.82 Å². The molecule has 0 atom stereocenters. The van der Waals surface area contributed by atoms with E-state index in [1.807, 2.05) is 0 Å². The molecule has 2 aromatic carbocycles. The van der Waals surface area contributed by atoms with Crippen molar-refractivity contribution in [2.45, 2.75) is 6.54 Å². The Morgan fingerprint density at radius 3 is 2.24 bits per heavy atom. The Labute approximate surface area is 109 Å². The maximum Gasteiger partial charge on any atom is 0.131 e. The smallest absolute Gasteiger partial charge is 0.131 e. The molecule has 0 saturated carbocycles. The fourth-order valence-corrected chi connectivity index (χ4v) is 2.24. The zero-order valence-corrected chi connectivity index (χ0v) is 10.4. The first-order valence-electron chi connectivity index (χ1n) is 5.06. The maximum absolute atomic E-state index is 13.9. The fourth-order valence-electron chi connectivity index (χ4n) is 1.64. The predicted molar refractivity (Wildman–Crippen MR) is 69.7 cm³/mol. The Hall–Kier alpha value is -1.09. The van der Waals surface area contributed by atoms with E-state index < -0.39 is 0 Å². The second-order valence-corrected chi connectivity index (χ2v) is 4.43. The van der Waals surface area contributed by atoms with Gasteiger partial charge in [0.25, 0.3) is 0 Å². The Bertz CT molecular complexity index is 535. The second-order valence-electron chi connectivity index (χ2n) is 3.61. The lowest BCUT2D eigenvalue weighted by molar-refractivity contribution is 0.629. The summed E-state index contributed by atoms with van der Waals surface area (Å²) in [5, 5.41) is 0.855. The SMILES string of the molecule is NCc1ccc(-c2c(Cl)cccc2Cl)c(F)c1. The predicted octanol–water partition coefficient (Wildman–Crippen LogP) is 4.26. The van der Waals surface area contributed by atoms with E-state index in [4.69, 9.17) is 28.9 Å². The van der Waals surface area contributed by atoms with Crippen molar-refractivity contribution in [1.82, 2.24) is 0 Å². The zero-order chi connectivity index (χ0) is 12.4. The van der Waals surface area contributed by atoms with E-state index in [0.717, 1.165) is 5.56 Å². The first-order chi connectivity index (χ1) is 8.13. The summed E-state index contributed by atoms with van der Waals surface area (Å²) in [4.78, 5) is 0. The third-order valence-corrected chi connectivity index (χ3v) is 3.13. The summed E-state index contributed by atoms with van der Waals surface area (Å²) in [6.07, 6.45) is 0. The molecule has 1 nitrogen and oxygen atoms in total. The highest BCUT2D eigenvalue weighted by molar-refractivity contribution is 6.39. The minimum Gasteiger partial charge on any atom is -0.326 e. The van der Waals surface area contributed by atoms with E-state index in [-0.39, 0.29) is 5.82 Å². The summed E-state index contributed by atoms with van der Waals surface area (Å²) in [7, 11) is 0. The molecule has 0 fully saturated rings. The standard InChI is InChI=1S/C13H10Cl2FN/c14-10-2-1-3-11(15)13(10)9-5-4-8(7-17)6-12(9)16/h1-6H,7,17H2.